The van der Waals surface area contributed by atoms with E-state index in [1.54, 1.807) is 31.4 Å². The summed E-state index contributed by atoms with van der Waals surface area (Å²) in [4.78, 5) is 24.7. The van der Waals surface area contributed by atoms with Gasteiger partial charge in [0.2, 0.25) is 0 Å². The molecule has 10 nitrogen and oxygen atoms in total. The maximum absolute atomic E-state index is 11.1. The van der Waals surface area contributed by atoms with Crippen LogP contribution in [0.3, 0.4) is 0 Å². The summed E-state index contributed by atoms with van der Waals surface area (Å²) in [5.41, 5.74) is 2.77. The Morgan fingerprint density at radius 3 is 2.61 bits per heavy atom. The van der Waals surface area contributed by atoms with Crippen molar-refractivity contribution in [3.05, 3.63) is 73.4 Å². The van der Waals surface area contributed by atoms with Gasteiger partial charge in [0.1, 0.15) is 16.6 Å². The van der Waals surface area contributed by atoms with Crippen molar-refractivity contribution in [1.82, 2.24) is 4.98 Å². The van der Waals surface area contributed by atoms with E-state index in [0.717, 1.165) is 17.5 Å². The highest BCUT2D eigenvalue weighted by atomic mass is 35.5. The highest BCUT2D eigenvalue weighted by molar-refractivity contribution is 6.32. The van der Waals surface area contributed by atoms with Gasteiger partial charge in [-0.05, 0) is 30.3 Å². The average Bonchev–Trinajstić information content (AvgIpc) is 2.67. The molecule has 0 unspecified atom stereocenters. The zero-order valence-corrected chi connectivity index (χ0v) is 15.1. The molecule has 0 aliphatic heterocycles. The van der Waals surface area contributed by atoms with E-state index in [9.17, 15) is 20.2 Å². The van der Waals surface area contributed by atoms with Crippen molar-refractivity contribution in [3.8, 4) is 5.75 Å². The monoisotopic (exact) mass is 401 g/mol. The van der Waals surface area contributed by atoms with E-state index in [4.69, 9.17) is 16.3 Å². The molecule has 11 heteroatoms. The van der Waals surface area contributed by atoms with Gasteiger partial charge in [-0.25, -0.2) is 4.98 Å². The third-order valence-corrected chi connectivity index (χ3v) is 4.08. The number of hydrazone groups is 1. The van der Waals surface area contributed by atoms with Crippen molar-refractivity contribution in [3.63, 3.8) is 0 Å². The molecular formula is C17H12ClN5O5. The van der Waals surface area contributed by atoms with Crippen LogP contribution >= 0.6 is 11.6 Å². The molecule has 1 aromatic heterocycles. The molecule has 2 aromatic carbocycles. The van der Waals surface area contributed by atoms with Crippen LogP contribution in [0.1, 0.15) is 5.56 Å². The first-order valence-electron chi connectivity index (χ1n) is 7.75. The first kappa shape index (κ1) is 19.0. The van der Waals surface area contributed by atoms with Gasteiger partial charge in [-0.15, -0.1) is 0 Å². The SMILES string of the molecule is COc1ccc2nc(Cl)c(/C=N\Nc3ccc([N+](=O)[O-])cc3[N+](=O)[O-])cc2c1. The minimum Gasteiger partial charge on any atom is -0.497 e. The third-order valence-electron chi connectivity index (χ3n) is 3.78. The average molecular weight is 402 g/mol. The fourth-order valence-corrected chi connectivity index (χ4v) is 2.61. The molecule has 0 bridgehead atoms. The van der Waals surface area contributed by atoms with Gasteiger partial charge in [-0.3, -0.25) is 25.7 Å². The standard InChI is InChI=1S/C17H12ClN5O5/c1-28-13-3-5-14-10(7-13)6-11(17(18)20-14)9-19-21-15-4-2-12(22(24)25)8-16(15)23(26)27/h2-9,21H,1H3/b19-9-. The van der Waals surface area contributed by atoms with Gasteiger partial charge < -0.3 is 4.74 Å². The van der Waals surface area contributed by atoms with Gasteiger partial charge in [0, 0.05) is 17.0 Å². The van der Waals surface area contributed by atoms with Crippen molar-refractivity contribution in [2.75, 3.05) is 12.5 Å². The number of ether oxygens (including phenoxy) is 1. The molecule has 0 amide bonds. The molecule has 28 heavy (non-hydrogen) atoms. The van der Waals surface area contributed by atoms with E-state index in [0.29, 0.717) is 16.8 Å². The zero-order chi connectivity index (χ0) is 20.3. The Hall–Kier alpha value is -3.79. The maximum Gasteiger partial charge on any atom is 0.301 e. The van der Waals surface area contributed by atoms with Crippen LogP contribution in [0.5, 0.6) is 5.75 Å². The lowest BCUT2D eigenvalue weighted by Gasteiger charge is -2.05. The fraction of sp³-hybridized carbons (Fsp3) is 0.0588. The van der Waals surface area contributed by atoms with Crippen LogP contribution in [-0.2, 0) is 0 Å². The van der Waals surface area contributed by atoms with Crippen molar-refractivity contribution >= 4 is 45.8 Å². The molecule has 0 spiro atoms. The van der Waals surface area contributed by atoms with Crippen LogP contribution in [0.4, 0.5) is 17.1 Å². The molecule has 0 saturated carbocycles. The van der Waals surface area contributed by atoms with Crippen LogP contribution < -0.4 is 10.2 Å². The van der Waals surface area contributed by atoms with Crippen LogP contribution in [0.2, 0.25) is 5.15 Å². The molecule has 3 rings (SSSR count). The first-order valence-corrected chi connectivity index (χ1v) is 8.13. The number of hydrogen-bond donors (Lipinski definition) is 1. The first-order chi connectivity index (χ1) is 13.4. The summed E-state index contributed by atoms with van der Waals surface area (Å²) in [7, 11) is 1.55. The minimum atomic E-state index is -0.734. The van der Waals surface area contributed by atoms with Crippen molar-refractivity contribution in [1.29, 1.82) is 0 Å². The summed E-state index contributed by atoms with van der Waals surface area (Å²) in [6.45, 7) is 0. The van der Waals surface area contributed by atoms with E-state index < -0.39 is 21.2 Å². The summed E-state index contributed by atoms with van der Waals surface area (Å²) in [6, 6.07) is 10.2. The quantitative estimate of drug-likeness (QED) is 0.283. The number of nitrogens with one attached hydrogen (secondary N) is 1. The van der Waals surface area contributed by atoms with Gasteiger partial charge in [0.15, 0.2) is 0 Å². The van der Waals surface area contributed by atoms with Crippen LogP contribution in [-0.4, -0.2) is 28.2 Å². The number of anilines is 1. The Kier molecular flexibility index (Phi) is 5.32. The lowest BCUT2D eigenvalue weighted by molar-refractivity contribution is -0.393. The molecule has 0 atom stereocenters. The Morgan fingerprint density at radius 2 is 1.93 bits per heavy atom. The molecule has 0 radical (unpaired) electrons. The Morgan fingerprint density at radius 1 is 1.14 bits per heavy atom. The van der Waals surface area contributed by atoms with Crippen LogP contribution in [0.15, 0.2) is 47.6 Å². The number of halogens is 1. The summed E-state index contributed by atoms with van der Waals surface area (Å²) in [6.07, 6.45) is 1.35. The molecule has 3 aromatic rings. The minimum absolute atomic E-state index is 0.00149. The maximum atomic E-state index is 11.1. The second-order valence-corrected chi connectivity index (χ2v) is 5.87. The number of pyridine rings is 1. The lowest BCUT2D eigenvalue weighted by atomic mass is 10.1. The smallest absolute Gasteiger partial charge is 0.301 e. The van der Waals surface area contributed by atoms with E-state index in [1.165, 1.54) is 12.3 Å². The zero-order valence-electron chi connectivity index (χ0n) is 14.3. The number of rotatable bonds is 6. The number of nitro benzene ring substituents is 2. The Bertz CT molecular complexity index is 1120. The normalized spacial score (nSPS) is 10.9. The largest absolute Gasteiger partial charge is 0.497 e. The predicted octanol–water partition coefficient (Wildman–Crippen LogP) is 4.16. The summed E-state index contributed by atoms with van der Waals surface area (Å²) in [5, 5.41) is 26.8. The summed E-state index contributed by atoms with van der Waals surface area (Å²) in [5.74, 6) is 0.652. The van der Waals surface area contributed by atoms with Gasteiger partial charge in [-0.2, -0.15) is 5.10 Å². The molecule has 1 N–H and O–H groups in total. The van der Waals surface area contributed by atoms with Gasteiger partial charge in [0.25, 0.3) is 5.69 Å². The van der Waals surface area contributed by atoms with E-state index in [1.807, 2.05) is 0 Å². The number of nitrogens with zero attached hydrogens (tertiary/aromatic N) is 4. The van der Waals surface area contributed by atoms with Crippen LogP contribution in [0.25, 0.3) is 10.9 Å². The fourth-order valence-electron chi connectivity index (χ4n) is 2.42. The molecule has 0 aliphatic carbocycles. The molecular weight excluding hydrogens is 390 g/mol. The number of benzene rings is 2. The van der Waals surface area contributed by atoms with E-state index >= 15 is 0 Å². The molecule has 0 saturated heterocycles. The van der Waals surface area contributed by atoms with E-state index in [2.05, 4.69) is 15.5 Å². The molecule has 0 fully saturated rings. The molecule has 1 heterocycles. The van der Waals surface area contributed by atoms with Gasteiger partial charge in [0.05, 0.1) is 34.8 Å². The highest BCUT2D eigenvalue weighted by Gasteiger charge is 2.19. The Balaban J connectivity index is 1.89. The number of hydrogen-bond acceptors (Lipinski definition) is 8. The summed E-state index contributed by atoms with van der Waals surface area (Å²) < 4.78 is 5.17. The molecule has 142 valence electrons. The number of aromatic nitrogens is 1. The highest BCUT2D eigenvalue weighted by Crippen LogP contribution is 2.29. The number of fused-ring (bicyclic) bond motifs is 1. The van der Waals surface area contributed by atoms with Crippen LogP contribution in [0, 0.1) is 20.2 Å². The second kappa shape index (κ2) is 7.84. The van der Waals surface area contributed by atoms with Crippen molar-refractivity contribution < 1.29 is 14.6 Å². The lowest BCUT2D eigenvalue weighted by Crippen LogP contribution is -1.99. The second-order valence-electron chi connectivity index (χ2n) is 5.51. The number of methoxy groups -OCH3 is 1. The topological polar surface area (TPSA) is 133 Å². The third kappa shape index (κ3) is 3.96. The Labute approximate surface area is 162 Å². The molecule has 0 aliphatic rings. The van der Waals surface area contributed by atoms with Gasteiger partial charge in [-0.1, -0.05) is 11.6 Å². The summed E-state index contributed by atoms with van der Waals surface area (Å²) >= 11 is 6.15. The number of nitro groups is 2. The van der Waals surface area contributed by atoms with Gasteiger partial charge >= 0.3 is 5.69 Å². The van der Waals surface area contributed by atoms with Crippen molar-refractivity contribution in [2.45, 2.75) is 0 Å². The van der Waals surface area contributed by atoms with E-state index in [-0.39, 0.29) is 10.8 Å². The number of non-ortho nitro benzene ring substituents is 1. The predicted molar refractivity (Wildman–Crippen MR) is 104 cm³/mol. The van der Waals surface area contributed by atoms with Crippen molar-refractivity contribution in [2.24, 2.45) is 5.10 Å².